The number of likely N-dealkylation sites (tertiary alicyclic amines) is 1. The molecule has 1 aliphatic heterocycles. The van der Waals surface area contributed by atoms with Crippen LogP contribution in [0.15, 0.2) is 23.1 Å². The summed E-state index contributed by atoms with van der Waals surface area (Å²) in [4.78, 5) is 2.23. The number of sulfonamides is 1. The summed E-state index contributed by atoms with van der Waals surface area (Å²) in [5.74, 6) is -0.615. The second-order valence-electron chi connectivity index (χ2n) is 6.12. The minimum atomic E-state index is -3.66. The van der Waals surface area contributed by atoms with Gasteiger partial charge in [-0.05, 0) is 56.6 Å². The molecule has 0 aromatic heterocycles. The maximum Gasteiger partial charge on any atom is 0.240 e. The van der Waals surface area contributed by atoms with E-state index in [0.29, 0.717) is 6.54 Å². The van der Waals surface area contributed by atoms with Crippen molar-refractivity contribution >= 4 is 15.7 Å². The van der Waals surface area contributed by atoms with Crippen molar-refractivity contribution < 1.29 is 12.8 Å². The van der Waals surface area contributed by atoms with Gasteiger partial charge >= 0.3 is 0 Å². The fraction of sp³-hybridized carbons (Fsp3) is 0.571. The highest BCUT2D eigenvalue weighted by molar-refractivity contribution is 7.89. The third-order valence-corrected chi connectivity index (χ3v) is 5.56. The molecule has 0 amide bonds. The zero-order chi connectivity index (χ0) is 15.7. The second-order valence-corrected chi connectivity index (χ2v) is 7.89. The van der Waals surface area contributed by atoms with Crippen molar-refractivity contribution in [3.05, 3.63) is 24.0 Å². The van der Waals surface area contributed by atoms with Gasteiger partial charge in [-0.15, -0.1) is 0 Å². The summed E-state index contributed by atoms with van der Waals surface area (Å²) in [7, 11) is -1.60. The van der Waals surface area contributed by atoms with E-state index in [9.17, 15) is 12.8 Å². The van der Waals surface area contributed by atoms with Crippen LogP contribution in [0.1, 0.15) is 19.8 Å². The van der Waals surface area contributed by atoms with Crippen molar-refractivity contribution in [1.82, 2.24) is 9.62 Å². The molecule has 0 atom stereocenters. The van der Waals surface area contributed by atoms with Gasteiger partial charge in [-0.3, -0.25) is 0 Å². The van der Waals surface area contributed by atoms with Crippen molar-refractivity contribution in [2.45, 2.75) is 24.7 Å². The van der Waals surface area contributed by atoms with Crippen molar-refractivity contribution in [2.24, 2.45) is 5.41 Å². The summed E-state index contributed by atoms with van der Waals surface area (Å²) in [6.45, 7) is 4.38. The van der Waals surface area contributed by atoms with Crippen LogP contribution < -0.4 is 10.5 Å². The number of nitrogens with one attached hydrogen (secondary N) is 1. The lowest BCUT2D eigenvalue weighted by atomic mass is 9.81. The lowest BCUT2D eigenvalue weighted by Crippen LogP contribution is -2.43. The number of halogens is 1. The number of nitrogens with zero attached hydrogens (tertiary/aromatic N) is 1. The lowest BCUT2D eigenvalue weighted by molar-refractivity contribution is 0.143. The molecule has 118 valence electrons. The molecule has 1 aromatic carbocycles. The van der Waals surface area contributed by atoms with Gasteiger partial charge in [-0.1, -0.05) is 6.92 Å². The Hall–Kier alpha value is -1.18. The average Bonchev–Trinajstić information content (AvgIpc) is 2.43. The van der Waals surface area contributed by atoms with Crippen LogP contribution in [0, 0.1) is 11.2 Å². The van der Waals surface area contributed by atoms with Gasteiger partial charge < -0.3 is 10.6 Å². The highest BCUT2D eigenvalue weighted by Gasteiger charge is 2.30. The van der Waals surface area contributed by atoms with Crippen molar-refractivity contribution in [1.29, 1.82) is 0 Å². The maximum atomic E-state index is 13.1. The minimum absolute atomic E-state index is 0.00192. The third kappa shape index (κ3) is 3.93. The average molecular weight is 315 g/mol. The quantitative estimate of drug-likeness (QED) is 0.824. The first-order chi connectivity index (χ1) is 9.72. The van der Waals surface area contributed by atoms with Gasteiger partial charge in [0, 0.05) is 6.54 Å². The Morgan fingerprint density at radius 2 is 2.00 bits per heavy atom. The van der Waals surface area contributed by atoms with Crippen LogP contribution in [0.2, 0.25) is 0 Å². The van der Waals surface area contributed by atoms with E-state index in [1.165, 1.54) is 6.07 Å². The molecule has 3 N–H and O–H groups in total. The molecule has 0 bridgehead atoms. The Balaban J connectivity index is 2.06. The van der Waals surface area contributed by atoms with E-state index in [1.807, 2.05) is 0 Å². The van der Waals surface area contributed by atoms with Crippen LogP contribution in [0.25, 0.3) is 0 Å². The third-order valence-electron chi connectivity index (χ3n) is 4.16. The van der Waals surface area contributed by atoms with Gasteiger partial charge in [0.1, 0.15) is 5.82 Å². The zero-order valence-electron chi connectivity index (χ0n) is 12.4. The molecule has 5 nitrogen and oxygen atoms in total. The highest BCUT2D eigenvalue weighted by atomic mass is 32.2. The molecule has 0 saturated carbocycles. The molecule has 0 aliphatic carbocycles. The van der Waals surface area contributed by atoms with Crippen molar-refractivity contribution in [3.63, 3.8) is 0 Å². The molecule has 1 heterocycles. The predicted octanol–water partition coefficient (Wildman–Crippen LogP) is 1.42. The Morgan fingerprint density at radius 1 is 1.38 bits per heavy atom. The topological polar surface area (TPSA) is 75.4 Å². The Morgan fingerprint density at radius 3 is 2.57 bits per heavy atom. The van der Waals surface area contributed by atoms with Crippen LogP contribution in [-0.4, -0.2) is 40.0 Å². The largest absolute Gasteiger partial charge is 0.396 e. The van der Waals surface area contributed by atoms with Gasteiger partial charge in [0.15, 0.2) is 0 Å². The molecule has 1 saturated heterocycles. The molecular weight excluding hydrogens is 293 g/mol. The van der Waals surface area contributed by atoms with Crippen LogP contribution in [-0.2, 0) is 10.0 Å². The SMILES string of the molecule is CN1CCC(C)(CNS(=O)(=O)c2ccc(F)c(N)c2)CC1. The summed E-state index contributed by atoms with van der Waals surface area (Å²) in [5.41, 5.74) is 5.21. The molecule has 0 unspecified atom stereocenters. The molecule has 1 aromatic rings. The molecule has 0 radical (unpaired) electrons. The van der Waals surface area contributed by atoms with Gasteiger partial charge in [0.25, 0.3) is 0 Å². The van der Waals surface area contributed by atoms with Crippen LogP contribution in [0.5, 0.6) is 0 Å². The Kier molecular flexibility index (Phi) is 4.55. The van der Waals surface area contributed by atoms with E-state index in [2.05, 4.69) is 23.6 Å². The summed E-state index contributed by atoms with van der Waals surface area (Å²) in [6, 6.07) is 3.45. The predicted molar refractivity (Wildman–Crippen MR) is 80.8 cm³/mol. The fourth-order valence-electron chi connectivity index (χ4n) is 2.38. The van der Waals surface area contributed by atoms with Crippen molar-refractivity contribution in [3.8, 4) is 0 Å². The van der Waals surface area contributed by atoms with E-state index >= 15 is 0 Å². The maximum absolute atomic E-state index is 13.1. The molecular formula is C14H22FN3O2S. The smallest absolute Gasteiger partial charge is 0.240 e. The summed E-state index contributed by atoms with van der Waals surface area (Å²) < 4.78 is 40.2. The van der Waals surface area contributed by atoms with Gasteiger partial charge in [-0.2, -0.15) is 0 Å². The molecule has 0 spiro atoms. The fourth-order valence-corrected chi connectivity index (χ4v) is 3.61. The monoisotopic (exact) mass is 315 g/mol. The normalized spacial score (nSPS) is 19.6. The van der Waals surface area contributed by atoms with Crippen LogP contribution in [0.3, 0.4) is 0 Å². The number of hydrogen-bond acceptors (Lipinski definition) is 4. The van der Waals surface area contributed by atoms with E-state index in [4.69, 9.17) is 5.73 Å². The second kappa shape index (κ2) is 5.90. The standard InChI is InChI=1S/C14H22FN3O2S/c1-14(5-7-18(2)8-6-14)10-17-21(19,20)11-3-4-12(15)13(16)9-11/h3-4,9,17H,5-8,10,16H2,1-2H3. The molecule has 1 fully saturated rings. The lowest BCUT2D eigenvalue weighted by Gasteiger charge is -2.37. The van der Waals surface area contributed by atoms with Crippen LogP contribution in [0.4, 0.5) is 10.1 Å². The summed E-state index contributed by atoms with van der Waals surface area (Å²) in [6.07, 6.45) is 1.88. The Bertz CT molecular complexity index is 611. The highest BCUT2D eigenvalue weighted by Crippen LogP contribution is 2.30. The minimum Gasteiger partial charge on any atom is -0.396 e. The van der Waals surface area contributed by atoms with E-state index in [-0.39, 0.29) is 16.0 Å². The zero-order valence-corrected chi connectivity index (χ0v) is 13.2. The summed E-state index contributed by atoms with van der Waals surface area (Å²) >= 11 is 0. The Labute approximate surface area is 125 Å². The number of nitrogens with two attached hydrogens (primary N) is 1. The molecule has 1 aliphatic rings. The first-order valence-electron chi connectivity index (χ1n) is 6.95. The number of hydrogen-bond donors (Lipinski definition) is 2. The number of nitrogen functional groups attached to an aromatic ring is 1. The van der Waals surface area contributed by atoms with E-state index in [1.54, 1.807) is 0 Å². The first kappa shape index (κ1) is 16.2. The number of rotatable bonds is 4. The van der Waals surface area contributed by atoms with Crippen molar-refractivity contribution in [2.75, 3.05) is 32.4 Å². The van der Waals surface area contributed by atoms with E-state index < -0.39 is 15.8 Å². The summed E-state index contributed by atoms with van der Waals surface area (Å²) in [5, 5.41) is 0. The van der Waals surface area contributed by atoms with Gasteiger partial charge in [0.2, 0.25) is 10.0 Å². The van der Waals surface area contributed by atoms with Gasteiger partial charge in [0.05, 0.1) is 10.6 Å². The first-order valence-corrected chi connectivity index (χ1v) is 8.43. The number of anilines is 1. The number of benzene rings is 1. The molecule has 21 heavy (non-hydrogen) atoms. The molecule has 7 heteroatoms. The van der Waals surface area contributed by atoms with Crippen LogP contribution >= 0.6 is 0 Å². The van der Waals surface area contributed by atoms with Gasteiger partial charge in [-0.25, -0.2) is 17.5 Å². The molecule has 2 rings (SSSR count). The number of piperidine rings is 1. The van der Waals surface area contributed by atoms with E-state index in [0.717, 1.165) is 38.1 Å².